The van der Waals surface area contributed by atoms with Gasteiger partial charge in [0.1, 0.15) is 0 Å². The Labute approximate surface area is 120 Å². The number of benzene rings is 1. The van der Waals surface area contributed by atoms with Gasteiger partial charge in [0.15, 0.2) is 6.67 Å². The summed E-state index contributed by atoms with van der Waals surface area (Å²) in [5.74, 6) is -0.921. The van der Waals surface area contributed by atoms with Crippen LogP contribution in [0.4, 0.5) is 17.1 Å². The molecule has 0 unspecified atom stereocenters. The normalized spacial score (nSPS) is 12.1. The maximum Gasteiger partial charge on any atom is 0.324 e. The van der Waals surface area contributed by atoms with Crippen molar-refractivity contribution in [2.45, 2.75) is 0 Å². The monoisotopic (exact) mass is 313 g/mol. The third-order valence-electron chi connectivity index (χ3n) is 2.13. The average molecular weight is 313 g/mol. The van der Waals surface area contributed by atoms with Gasteiger partial charge in [0.2, 0.25) is 5.96 Å². The van der Waals surface area contributed by atoms with Gasteiger partial charge >= 0.3 is 11.4 Å². The van der Waals surface area contributed by atoms with Crippen LogP contribution in [0.1, 0.15) is 0 Å². The summed E-state index contributed by atoms with van der Waals surface area (Å²) in [4.78, 5) is 31.4. The van der Waals surface area contributed by atoms with Crippen molar-refractivity contribution < 1.29 is 19.9 Å². The van der Waals surface area contributed by atoms with Crippen LogP contribution in [0.15, 0.2) is 27.4 Å². The van der Waals surface area contributed by atoms with Crippen LogP contribution in [0.2, 0.25) is 0 Å². The Morgan fingerprint density at radius 1 is 1.05 bits per heavy atom. The molecule has 0 fully saturated rings. The van der Waals surface area contributed by atoms with Crippen LogP contribution in [0.25, 0.3) is 0 Å². The molecule has 1 heterocycles. The second kappa shape index (κ2) is 6.64. The summed E-state index contributed by atoms with van der Waals surface area (Å²) in [7, 11) is 0. The molecule has 0 saturated carbocycles. The Kier molecular flexibility index (Phi) is 4.93. The van der Waals surface area contributed by atoms with Crippen molar-refractivity contribution in [1.82, 2.24) is 0 Å². The van der Waals surface area contributed by atoms with Crippen LogP contribution in [-0.4, -0.2) is 32.5 Å². The molecule has 0 aliphatic carbocycles. The zero-order valence-corrected chi connectivity index (χ0v) is 10.5. The number of nitro groups is 3. The lowest BCUT2D eigenvalue weighted by Gasteiger charge is -1.97. The molecule has 22 heavy (non-hydrogen) atoms. The number of guanidine groups is 1. The summed E-state index contributed by atoms with van der Waals surface area (Å²) in [6, 6.07) is 0.894. The minimum absolute atomic E-state index is 0.287. The van der Waals surface area contributed by atoms with Gasteiger partial charge in [-0.1, -0.05) is 0 Å². The number of non-ortho nitro benzene ring substituents is 1. The smallest absolute Gasteiger partial charge is 0.324 e. The summed E-state index contributed by atoms with van der Waals surface area (Å²) >= 11 is 0. The lowest BCUT2D eigenvalue weighted by Crippen LogP contribution is -2.03. The summed E-state index contributed by atoms with van der Waals surface area (Å²) in [6.07, 6.45) is 0. The highest BCUT2D eigenvalue weighted by atomic mass is 16.6. The van der Waals surface area contributed by atoms with Crippen LogP contribution in [0.5, 0.6) is 5.75 Å². The van der Waals surface area contributed by atoms with Gasteiger partial charge < -0.3 is 10.8 Å². The number of hydrogen-bond acceptors (Lipinski definition) is 11. The van der Waals surface area contributed by atoms with Crippen LogP contribution in [-0.2, 0) is 0 Å². The molecule has 0 bridgehead atoms. The molecule has 2 rings (SSSR count). The number of phenolic OH excluding ortho intramolecular Hbond substituents is 1. The lowest BCUT2D eigenvalue weighted by atomic mass is 10.2. The number of rotatable bonds is 3. The lowest BCUT2D eigenvalue weighted by molar-refractivity contribution is -0.404. The number of hydrogen-bond donors (Lipinski definition) is 2. The Morgan fingerprint density at radius 2 is 1.55 bits per heavy atom. The molecular formula is C8H7N7O7. The number of aliphatic imine (C=N–C) groups is 1. The molecule has 14 heteroatoms. The molecule has 0 amide bonds. The number of azo groups is 1. The number of aromatic hydroxyl groups is 1. The number of nitrogens with zero attached hydrogens (tertiary/aromatic N) is 6. The Hall–Kier alpha value is -3.71. The van der Waals surface area contributed by atoms with Gasteiger partial charge in [0.05, 0.1) is 26.9 Å². The molecule has 0 aromatic heterocycles. The SMILES string of the molecule is NC1=NCN=N1.O=[N+]([O-])c1cc([N+](=O)[O-])c(O)c([N+](=O)[O-])c1. The Bertz CT molecular complexity index is 660. The Morgan fingerprint density at radius 3 is 1.77 bits per heavy atom. The van der Waals surface area contributed by atoms with Gasteiger partial charge in [-0.3, -0.25) is 30.3 Å². The first-order chi connectivity index (χ1) is 10.2. The maximum atomic E-state index is 10.4. The molecule has 14 nitrogen and oxygen atoms in total. The first-order valence-electron chi connectivity index (χ1n) is 5.21. The van der Waals surface area contributed by atoms with Gasteiger partial charge in [0, 0.05) is 0 Å². The van der Waals surface area contributed by atoms with Gasteiger partial charge in [-0.2, -0.15) is 5.11 Å². The van der Waals surface area contributed by atoms with Gasteiger partial charge in [-0.25, -0.2) is 4.99 Å². The van der Waals surface area contributed by atoms with Crippen molar-refractivity contribution in [3.8, 4) is 5.75 Å². The van der Waals surface area contributed by atoms with E-state index in [0.717, 1.165) is 0 Å². The third-order valence-corrected chi connectivity index (χ3v) is 2.13. The van der Waals surface area contributed by atoms with E-state index >= 15 is 0 Å². The highest BCUT2D eigenvalue weighted by molar-refractivity contribution is 5.78. The van der Waals surface area contributed by atoms with E-state index < -0.39 is 37.6 Å². The second-order valence-electron chi connectivity index (χ2n) is 3.50. The molecule has 0 saturated heterocycles. The van der Waals surface area contributed by atoms with Crippen LogP contribution in [0, 0.1) is 30.3 Å². The fourth-order valence-corrected chi connectivity index (χ4v) is 1.21. The van der Waals surface area contributed by atoms with Gasteiger partial charge in [0.25, 0.3) is 11.4 Å². The van der Waals surface area contributed by atoms with E-state index in [1.807, 2.05) is 0 Å². The van der Waals surface area contributed by atoms with E-state index in [0.29, 0.717) is 18.8 Å². The largest absolute Gasteiger partial charge is 0.497 e. The molecule has 1 aliphatic heterocycles. The van der Waals surface area contributed by atoms with E-state index in [1.165, 1.54) is 0 Å². The number of phenols is 1. The zero-order chi connectivity index (χ0) is 16.9. The molecule has 0 spiro atoms. The first kappa shape index (κ1) is 16.3. The third kappa shape index (κ3) is 3.89. The van der Waals surface area contributed by atoms with Crippen molar-refractivity contribution >= 4 is 23.0 Å². The summed E-state index contributed by atoms with van der Waals surface area (Å²) in [5, 5.41) is 47.1. The van der Waals surface area contributed by atoms with Crippen LogP contribution in [0.3, 0.4) is 0 Å². The van der Waals surface area contributed by atoms with Crippen molar-refractivity contribution in [3.63, 3.8) is 0 Å². The zero-order valence-electron chi connectivity index (χ0n) is 10.5. The van der Waals surface area contributed by atoms with Crippen LogP contribution >= 0.6 is 0 Å². The molecule has 3 N–H and O–H groups in total. The second-order valence-corrected chi connectivity index (χ2v) is 3.50. The van der Waals surface area contributed by atoms with Crippen LogP contribution < -0.4 is 5.73 Å². The summed E-state index contributed by atoms with van der Waals surface area (Å²) in [6.45, 7) is 0.409. The number of nitro benzene ring substituents is 3. The van der Waals surface area contributed by atoms with E-state index in [4.69, 9.17) is 10.8 Å². The molecule has 0 atom stereocenters. The Balaban J connectivity index is 0.000000335. The van der Waals surface area contributed by atoms with Crippen molar-refractivity contribution in [2.75, 3.05) is 6.67 Å². The molecule has 1 aromatic carbocycles. The molecule has 116 valence electrons. The highest BCUT2D eigenvalue weighted by Gasteiger charge is 2.30. The van der Waals surface area contributed by atoms with E-state index in [1.54, 1.807) is 0 Å². The predicted octanol–water partition coefficient (Wildman–Crippen LogP) is 0.841. The standard InChI is InChI=1S/C6H3N3O7.C2H4N4/c10-6-4(8(13)14)1-3(7(11)12)2-5(6)9(15)16;3-2-4-1-5-6-2/h1-2,10H;1H2,(H2,3,4). The van der Waals surface area contributed by atoms with Gasteiger partial charge in [-0.15, -0.1) is 5.11 Å². The number of nitrogens with two attached hydrogens (primary N) is 1. The topological polar surface area (TPSA) is 213 Å². The quantitative estimate of drug-likeness (QED) is 0.600. The molecule has 0 radical (unpaired) electrons. The van der Waals surface area contributed by atoms with Crippen molar-refractivity contribution in [3.05, 3.63) is 42.5 Å². The minimum Gasteiger partial charge on any atom is -0.497 e. The van der Waals surface area contributed by atoms with Crippen molar-refractivity contribution in [2.24, 2.45) is 21.0 Å². The van der Waals surface area contributed by atoms with Crippen molar-refractivity contribution in [1.29, 1.82) is 0 Å². The maximum absolute atomic E-state index is 10.4. The molecule has 1 aromatic rings. The van der Waals surface area contributed by atoms with E-state index in [-0.39, 0.29) is 5.96 Å². The fraction of sp³-hybridized carbons (Fsp3) is 0.125. The van der Waals surface area contributed by atoms with E-state index in [9.17, 15) is 30.3 Å². The fourth-order valence-electron chi connectivity index (χ4n) is 1.21. The molecule has 1 aliphatic rings. The first-order valence-corrected chi connectivity index (χ1v) is 5.21. The summed E-state index contributed by atoms with van der Waals surface area (Å²) < 4.78 is 0. The van der Waals surface area contributed by atoms with Gasteiger partial charge in [-0.05, 0) is 0 Å². The summed E-state index contributed by atoms with van der Waals surface area (Å²) in [5.41, 5.74) is 2.02. The highest BCUT2D eigenvalue weighted by Crippen LogP contribution is 2.38. The minimum atomic E-state index is -1.21. The predicted molar refractivity (Wildman–Crippen MR) is 69.4 cm³/mol. The molecular weight excluding hydrogens is 306 g/mol. The van der Waals surface area contributed by atoms with E-state index in [2.05, 4.69) is 15.2 Å². The average Bonchev–Trinajstić information content (AvgIpc) is 2.89.